The summed E-state index contributed by atoms with van der Waals surface area (Å²) in [6, 6.07) is 23.5. The number of nitrogens with two attached hydrogens (primary N) is 1. The standard InChI is InChI=1S/C29H29N3O4/c30-15-14-22(16-20-8-11-23(33)12-9-20)31-28(34)27-18-25(29(35)36)24-17-21(10-13-26(24)32-27)7-6-19-4-2-1-3-5-19/h1-5,8-13,17-18,22,33H,6-7,14-16,30H2,(H,31,34)(H,35,36)/t22-/m1/s1. The number of fused-ring (bicyclic) bond motifs is 1. The molecule has 4 rings (SSSR count). The molecule has 0 bridgehead atoms. The van der Waals surface area contributed by atoms with E-state index in [1.807, 2.05) is 30.3 Å². The molecule has 0 radical (unpaired) electrons. The number of aromatic carboxylic acids is 1. The Labute approximate surface area is 209 Å². The van der Waals surface area contributed by atoms with Gasteiger partial charge in [-0.3, -0.25) is 4.79 Å². The van der Waals surface area contributed by atoms with Crippen molar-refractivity contribution in [3.63, 3.8) is 0 Å². The van der Waals surface area contributed by atoms with Gasteiger partial charge in [-0.05, 0) is 79.3 Å². The Morgan fingerprint density at radius 2 is 1.58 bits per heavy atom. The Morgan fingerprint density at radius 1 is 0.889 bits per heavy atom. The molecule has 184 valence electrons. The van der Waals surface area contributed by atoms with E-state index in [-0.39, 0.29) is 23.0 Å². The summed E-state index contributed by atoms with van der Waals surface area (Å²) in [5, 5.41) is 22.8. The summed E-state index contributed by atoms with van der Waals surface area (Å²) < 4.78 is 0. The van der Waals surface area contributed by atoms with Gasteiger partial charge in [-0.1, -0.05) is 48.5 Å². The SMILES string of the molecule is NCC[C@H](Cc1ccc(O)cc1)NC(=O)c1cc(C(=O)O)c2cc(CCc3ccccc3)ccc2n1. The average Bonchev–Trinajstić information content (AvgIpc) is 2.88. The number of rotatable bonds is 10. The van der Waals surface area contributed by atoms with Crippen LogP contribution in [0.1, 0.15) is 44.0 Å². The molecule has 1 amide bonds. The minimum atomic E-state index is -1.11. The molecule has 7 nitrogen and oxygen atoms in total. The molecular formula is C29H29N3O4. The smallest absolute Gasteiger partial charge is 0.336 e. The zero-order valence-electron chi connectivity index (χ0n) is 19.9. The van der Waals surface area contributed by atoms with E-state index >= 15 is 0 Å². The second-order valence-corrected chi connectivity index (χ2v) is 8.82. The molecule has 0 saturated heterocycles. The molecule has 0 aliphatic carbocycles. The van der Waals surface area contributed by atoms with Crippen molar-refractivity contribution in [3.05, 3.63) is 107 Å². The molecule has 0 spiro atoms. The van der Waals surface area contributed by atoms with Gasteiger partial charge in [0, 0.05) is 11.4 Å². The second-order valence-electron chi connectivity index (χ2n) is 8.82. The van der Waals surface area contributed by atoms with Crippen LogP contribution < -0.4 is 11.1 Å². The third kappa shape index (κ3) is 6.25. The van der Waals surface area contributed by atoms with Crippen molar-refractivity contribution in [2.45, 2.75) is 31.7 Å². The number of carbonyl (C=O) groups excluding carboxylic acids is 1. The van der Waals surface area contributed by atoms with E-state index in [0.29, 0.717) is 30.3 Å². The highest BCUT2D eigenvalue weighted by Crippen LogP contribution is 2.22. The van der Waals surface area contributed by atoms with E-state index in [1.165, 1.54) is 11.6 Å². The zero-order valence-corrected chi connectivity index (χ0v) is 19.9. The lowest BCUT2D eigenvalue weighted by atomic mass is 10.00. The van der Waals surface area contributed by atoms with E-state index in [9.17, 15) is 19.8 Å². The van der Waals surface area contributed by atoms with Gasteiger partial charge in [0.2, 0.25) is 0 Å². The predicted molar refractivity (Wildman–Crippen MR) is 139 cm³/mol. The number of phenols is 1. The highest BCUT2D eigenvalue weighted by molar-refractivity contribution is 6.06. The Hall–Kier alpha value is -4.23. The number of phenolic OH excluding ortho intramolecular Hbond substituents is 1. The van der Waals surface area contributed by atoms with Crippen molar-refractivity contribution in [1.29, 1.82) is 0 Å². The summed E-state index contributed by atoms with van der Waals surface area (Å²) in [4.78, 5) is 29.6. The van der Waals surface area contributed by atoms with E-state index in [0.717, 1.165) is 24.0 Å². The minimum Gasteiger partial charge on any atom is -0.508 e. The first-order valence-corrected chi connectivity index (χ1v) is 11.9. The van der Waals surface area contributed by atoms with Crippen LogP contribution in [0.3, 0.4) is 0 Å². The monoisotopic (exact) mass is 483 g/mol. The molecule has 7 heteroatoms. The van der Waals surface area contributed by atoms with Crippen molar-refractivity contribution in [3.8, 4) is 5.75 Å². The number of aromatic nitrogens is 1. The summed E-state index contributed by atoms with van der Waals surface area (Å²) >= 11 is 0. The van der Waals surface area contributed by atoms with Crippen LogP contribution in [0, 0.1) is 0 Å². The lowest BCUT2D eigenvalue weighted by molar-refractivity contribution is 0.0699. The van der Waals surface area contributed by atoms with Crippen LogP contribution >= 0.6 is 0 Å². The third-order valence-corrected chi connectivity index (χ3v) is 6.15. The predicted octanol–water partition coefficient (Wildman–Crippen LogP) is 4.11. The molecule has 0 aliphatic rings. The van der Waals surface area contributed by atoms with Crippen molar-refractivity contribution < 1.29 is 19.8 Å². The van der Waals surface area contributed by atoms with Crippen LogP contribution in [0.2, 0.25) is 0 Å². The van der Waals surface area contributed by atoms with Crippen LogP contribution in [0.5, 0.6) is 5.75 Å². The normalized spacial score (nSPS) is 11.8. The fraction of sp³-hybridized carbons (Fsp3) is 0.207. The van der Waals surface area contributed by atoms with Gasteiger partial charge in [-0.15, -0.1) is 0 Å². The topological polar surface area (TPSA) is 126 Å². The van der Waals surface area contributed by atoms with Crippen molar-refractivity contribution in [2.24, 2.45) is 5.73 Å². The van der Waals surface area contributed by atoms with Gasteiger partial charge in [-0.25, -0.2) is 9.78 Å². The molecular weight excluding hydrogens is 454 g/mol. The largest absolute Gasteiger partial charge is 0.508 e. The number of carboxylic acid groups (broad SMARTS) is 1. The van der Waals surface area contributed by atoms with Crippen molar-refractivity contribution in [1.82, 2.24) is 10.3 Å². The fourth-order valence-electron chi connectivity index (χ4n) is 4.26. The molecule has 36 heavy (non-hydrogen) atoms. The molecule has 1 atom stereocenters. The van der Waals surface area contributed by atoms with Gasteiger partial charge in [0.1, 0.15) is 11.4 Å². The van der Waals surface area contributed by atoms with Crippen LogP contribution in [-0.2, 0) is 19.3 Å². The van der Waals surface area contributed by atoms with E-state index in [1.54, 1.807) is 30.3 Å². The van der Waals surface area contributed by atoms with E-state index in [2.05, 4.69) is 22.4 Å². The van der Waals surface area contributed by atoms with Crippen molar-refractivity contribution in [2.75, 3.05) is 6.54 Å². The highest BCUT2D eigenvalue weighted by Gasteiger charge is 2.19. The quantitative estimate of drug-likeness (QED) is 0.269. The van der Waals surface area contributed by atoms with Gasteiger partial charge in [0.05, 0.1) is 11.1 Å². The first-order chi connectivity index (χ1) is 17.4. The number of aryl methyl sites for hydroxylation is 2. The zero-order chi connectivity index (χ0) is 25.5. The summed E-state index contributed by atoms with van der Waals surface area (Å²) in [5.41, 5.74) is 9.45. The lowest BCUT2D eigenvalue weighted by Gasteiger charge is -2.18. The number of carbonyl (C=O) groups is 2. The van der Waals surface area contributed by atoms with Crippen molar-refractivity contribution >= 4 is 22.8 Å². The van der Waals surface area contributed by atoms with Crippen LogP contribution in [0.25, 0.3) is 10.9 Å². The number of pyridine rings is 1. The number of carboxylic acids is 1. The maximum absolute atomic E-state index is 13.1. The Morgan fingerprint density at radius 3 is 2.28 bits per heavy atom. The molecule has 3 aromatic carbocycles. The summed E-state index contributed by atoms with van der Waals surface area (Å²) in [6.07, 6.45) is 2.66. The van der Waals surface area contributed by atoms with E-state index < -0.39 is 11.9 Å². The average molecular weight is 484 g/mol. The fourth-order valence-corrected chi connectivity index (χ4v) is 4.26. The first kappa shape index (κ1) is 24.9. The highest BCUT2D eigenvalue weighted by atomic mass is 16.4. The van der Waals surface area contributed by atoms with Crippen LogP contribution in [0.4, 0.5) is 0 Å². The number of benzene rings is 3. The number of hydrogen-bond donors (Lipinski definition) is 4. The first-order valence-electron chi connectivity index (χ1n) is 11.9. The lowest BCUT2D eigenvalue weighted by Crippen LogP contribution is -2.38. The Kier molecular flexibility index (Phi) is 7.92. The van der Waals surface area contributed by atoms with Gasteiger partial charge in [0.25, 0.3) is 5.91 Å². The van der Waals surface area contributed by atoms with Gasteiger partial charge >= 0.3 is 5.97 Å². The molecule has 5 N–H and O–H groups in total. The third-order valence-electron chi connectivity index (χ3n) is 6.15. The van der Waals surface area contributed by atoms with Gasteiger partial charge < -0.3 is 21.3 Å². The number of nitrogens with zero attached hydrogens (tertiary/aromatic N) is 1. The van der Waals surface area contributed by atoms with E-state index in [4.69, 9.17) is 5.73 Å². The van der Waals surface area contributed by atoms with Gasteiger partial charge in [0.15, 0.2) is 0 Å². The maximum Gasteiger partial charge on any atom is 0.336 e. The number of hydrogen-bond acceptors (Lipinski definition) is 5. The van der Waals surface area contributed by atoms with Crippen LogP contribution in [0.15, 0.2) is 78.9 Å². The maximum atomic E-state index is 13.1. The molecule has 1 heterocycles. The van der Waals surface area contributed by atoms with Gasteiger partial charge in [-0.2, -0.15) is 0 Å². The summed E-state index contributed by atoms with van der Waals surface area (Å²) in [7, 11) is 0. The molecule has 0 fully saturated rings. The molecule has 1 aromatic heterocycles. The Bertz CT molecular complexity index is 1350. The number of amides is 1. The minimum absolute atomic E-state index is 0.0422. The Balaban J connectivity index is 1.55. The number of nitrogens with one attached hydrogen (secondary N) is 1. The number of aromatic hydroxyl groups is 1. The molecule has 0 aliphatic heterocycles. The molecule has 4 aromatic rings. The van der Waals surface area contributed by atoms with Crippen LogP contribution in [-0.4, -0.2) is 39.7 Å². The molecule has 0 unspecified atom stereocenters. The second kappa shape index (κ2) is 11.5. The molecule has 0 saturated carbocycles. The summed E-state index contributed by atoms with van der Waals surface area (Å²) in [5.74, 6) is -1.40. The summed E-state index contributed by atoms with van der Waals surface area (Å²) in [6.45, 7) is 0.375.